The summed E-state index contributed by atoms with van der Waals surface area (Å²) in [6.45, 7) is 4.46. The highest BCUT2D eigenvalue weighted by Crippen LogP contribution is 2.38. The monoisotopic (exact) mass is 446 g/mol. The Kier molecular flexibility index (Phi) is 6.00. The summed E-state index contributed by atoms with van der Waals surface area (Å²) in [6, 6.07) is 8.73. The lowest BCUT2D eigenvalue weighted by Crippen LogP contribution is -2.24. The average Bonchev–Trinajstić information content (AvgIpc) is 3.32. The lowest BCUT2D eigenvalue weighted by molar-refractivity contribution is 0.112. The van der Waals surface area contributed by atoms with Gasteiger partial charge in [-0.2, -0.15) is 0 Å². The predicted octanol–water partition coefficient (Wildman–Crippen LogP) is 3.63. The topological polar surface area (TPSA) is 98.3 Å². The molecule has 3 heterocycles. The normalized spacial score (nSPS) is 21.2. The molecule has 5 rings (SSSR count). The molecule has 1 aliphatic heterocycles. The molecular formula is C25H27FN6O. The molecule has 0 bridgehead atoms. The number of halogens is 1. The molecule has 170 valence electrons. The molecule has 0 amide bonds. The van der Waals surface area contributed by atoms with Crippen LogP contribution in [0.1, 0.15) is 41.3 Å². The number of benzene rings is 1. The summed E-state index contributed by atoms with van der Waals surface area (Å²) in [4.78, 5) is 18.9. The van der Waals surface area contributed by atoms with E-state index in [9.17, 15) is 4.39 Å². The Labute approximate surface area is 192 Å². The molecule has 2 atom stereocenters. The van der Waals surface area contributed by atoms with Crippen molar-refractivity contribution < 1.29 is 9.23 Å². The molecule has 1 aromatic carbocycles. The minimum absolute atomic E-state index is 0.0394. The summed E-state index contributed by atoms with van der Waals surface area (Å²) in [5.74, 6) is 0.471. The third-order valence-corrected chi connectivity index (χ3v) is 6.43. The molecule has 1 saturated heterocycles. The van der Waals surface area contributed by atoms with E-state index in [1.54, 1.807) is 18.5 Å². The minimum Gasteiger partial charge on any atom is -0.395 e. The lowest BCUT2D eigenvalue weighted by atomic mass is 9.78. The molecule has 33 heavy (non-hydrogen) atoms. The van der Waals surface area contributed by atoms with E-state index in [4.69, 9.17) is 10.6 Å². The first kappa shape index (κ1) is 21.5. The van der Waals surface area contributed by atoms with Gasteiger partial charge < -0.3 is 15.9 Å². The van der Waals surface area contributed by atoms with E-state index in [0.717, 1.165) is 58.9 Å². The van der Waals surface area contributed by atoms with Crippen molar-refractivity contribution in [3.05, 3.63) is 71.1 Å². The number of nitrogen functional groups attached to an aromatic ring is 1. The number of aromatic nitrogens is 3. The third kappa shape index (κ3) is 4.57. The van der Waals surface area contributed by atoms with E-state index in [2.05, 4.69) is 25.4 Å². The van der Waals surface area contributed by atoms with Gasteiger partial charge in [0.05, 0.1) is 17.1 Å². The van der Waals surface area contributed by atoms with E-state index in [1.165, 1.54) is 6.07 Å². The average molecular weight is 447 g/mol. The Morgan fingerprint density at radius 2 is 2.15 bits per heavy atom. The summed E-state index contributed by atoms with van der Waals surface area (Å²) < 4.78 is 14.2. The summed E-state index contributed by atoms with van der Waals surface area (Å²) in [6.07, 6.45) is 5.86. The van der Waals surface area contributed by atoms with Gasteiger partial charge >= 0.3 is 0 Å². The van der Waals surface area contributed by atoms with E-state index in [0.29, 0.717) is 25.4 Å². The Balaban J connectivity index is 1.52. The fourth-order valence-corrected chi connectivity index (χ4v) is 4.86. The maximum atomic E-state index is 14.2. The highest BCUT2D eigenvalue weighted by atomic mass is 19.1. The van der Waals surface area contributed by atoms with Gasteiger partial charge in [0.25, 0.3) is 0 Å². The molecule has 2 aromatic heterocycles. The van der Waals surface area contributed by atoms with Gasteiger partial charge in [-0.25, -0.2) is 14.4 Å². The zero-order chi connectivity index (χ0) is 22.8. The van der Waals surface area contributed by atoms with Crippen LogP contribution in [0.2, 0.25) is 0 Å². The van der Waals surface area contributed by atoms with Gasteiger partial charge in [-0.1, -0.05) is 17.3 Å². The maximum Gasteiger partial charge on any atom is 0.220 e. The van der Waals surface area contributed by atoms with Crippen molar-refractivity contribution in [1.29, 1.82) is 0 Å². The summed E-state index contributed by atoms with van der Waals surface area (Å²) in [5.41, 5.74) is 12.1. The van der Waals surface area contributed by atoms with Crippen LogP contribution in [0.25, 0.3) is 11.1 Å². The predicted molar refractivity (Wildman–Crippen MR) is 125 cm³/mol. The Morgan fingerprint density at radius 1 is 1.24 bits per heavy atom. The number of aryl methyl sites for hydroxylation is 1. The third-order valence-electron chi connectivity index (χ3n) is 6.43. The second-order valence-corrected chi connectivity index (χ2v) is 8.76. The number of nitrogens with zero attached hydrogens (tertiary/aromatic N) is 4. The molecule has 3 aromatic rings. The van der Waals surface area contributed by atoms with E-state index >= 15 is 0 Å². The van der Waals surface area contributed by atoms with Crippen molar-refractivity contribution in [2.45, 2.75) is 32.1 Å². The number of hydrogen-bond acceptors (Lipinski definition) is 7. The minimum atomic E-state index is -0.279. The van der Waals surface area contributed by atoms with Gasteiger partial charge in [-0.3, -0.25) is 4.98 Å². The largest absolute Gasteiger partial charge is 0.395 e. The number of nitrogens with one attached hydrogen (secondary N) is 1. The number of fused-ring (bicyclic) bond motifs is 1. The van der Waals surface area contributed by atoms with E-state index in [-0.39, 0.29) is 17.7 Å². The van der Waals surface area contributed by atoms with Gasteiger partial charge in [0.15, 0.2) is 0 Å². The van der Waals surface area contributed by atoms with Gasteiger partial charge in [0, 0.05) is 42.4 Å². The molecule has 0 spiro atoms. The molecule has 1 fully saturated rings. The number of pyridine rings is 1. The maximum absolute atomic E-state index is 14.2. The molecular weight excluding hydrogens is 419 g/mol. The Hall–Kier alpha value is -3.39. The fourth-order valence-electron chi connectivity index (χ4n) is 4.86. The van der Waals surface area contributed by atoms with Crippen LogP contribution in [0, 0.1) is 18.7 Å². The molecule has 7 nitrogen and oxygen atoms in total. The molecule has 8 heteroatoms. The molecule has 1 aliphatic carbocycles. The highest BCUT2D eigenvalue weighted by molar-refractivity contribution is 6.03. The van der Waals surface area contributed by atoms with Gasteiger partial charge in [-0.15, -0.1) is 0 Å². The van der Waals surface area contributed by atoms with Crippen LogP contribution >= 0.6 is 0 Å². The zero-order valence-electron chi connectivity index (χ0n) is 18.6. The summed E-state index contributed by atoms with van der Waals surface area (Å²) in [7, 11) is 0. The quantitative estimate of drug-likeness (QED) is 0.581. The van der Waals surface area contributed by atoms with Gasteiger partial charge in [-0.05, 0) is 61.6 Å². The van der Waals surface area contributed by atoms with Crippen LogP contribution in [-0.4, -0.2) is 40.4 Å². The van der Waals surface area contributed by atoms with Crippen LogP contribution in [0.15, 0.2) is 47.9 Å². The van der Waals surface area contributed by atoms with Gasteiger partial charge in [0.2, 0.25) is 5.95 Å². The number of rotatable bonds is 5. The fraction of sp³-hybridized carbons (Fsp3) is 0.360. The van der Waals surface area contributed by atoms with E-state index in [1.807, 2.05) is 25.1 Å². The first-order valence-electron chi connectivity index (χ1n) is 11.3. The zero-order valence-corrected chi connectivity index (χ0v) is 18.6. The van der Waals surface area contributed by atoms with Crippen molar-refractivity contribution in [2.24, 2.45) is 11.1 Å². The number of oxime groups is 1. The van der Waals surface area contributed by atoms with Crippen molar-refractivity contribution in [3.8, 4) is 11.1 Å². The SMILES string of the molecule is Cc1nc(N)nc2c1C(=NOCC1CCNC1)CC(c1ccc(F)cc1-c1cccnc1)C2. The number of hydrogen-bond donors (Lipinski definition) is 2. The van der Waals surface area contributed by atoms with Crippen LogP contribution in [0.4, 0.5) is 10.3 Å². The number of nitrogens with two attached hydrogens (primary N) is 1. The lowest BCUT2D eigenvalue weighted by Gasteiger charge is -2.28. The van der Waals surface area contributed by atoms with Crippen molar-refractivity contribution >= 4 is 11.7 Å². The van der Waals surface area contributed by atoms with Crippen LogP contribution in [0.3, 0.4) is 0 Å². The molecule has 3 N–H and O–H groups in total. The van der Waals surface area contributed by atoms with E-state index < -0.39 is 0 Å². The Bertz CT molecular complexity index is 1180. The van der Waals surface area contributed by atoms with Crippen LogP contribution in [-0.2, 0) is 11.3 Å². The standard InChI is InChI=1S/C25H27FN6O/c1-15-24-22(31-25(27)30-15)9-18(10-23(24)32-33-14-16-6-8-29-12-16)20-5-4-19(26)11-21(20)17-3-2-7-28-13-17/h2-5,7,11,13,16,18,29H,6,8-10,12,14H2,1H3,(H2,27,30,31). The Morgan fingerprint density at radius 3 is 2.94 bits per heavy atom. The molecule has 2 aliphatic rings. The highest BCUT2D eigenvalue weighted by Gasteiger charge is 2.31. The van der Waals surface area contributed by atoms with Crippen molar-refractivity contribution in [3.63, 3.8) is 0 Å². The van der Waals surface area contributed by atoms with Crippen LogP contribution in [0.5, 0.6) is 0 Å². The summed E-state index contributed by atoms with van der Waals surface area (Å²) in [5, 5.41) is 7.90. The van der Waals surface area contributed by atoms with Crippen LogP contribution < -0.4 is 11.1 Å². The first-order valence-corrected chi connectivity index (χ1v) is 11.3. The van der Waals surface area contributed by atoms with Gasteiger partial charge in [0.1, 0.15) is 12.4 Å². The summed E-state index contributed by atoms with van der Waals surface area (Å²) >= 11 is 0. The molecule has 0 radical (unpaired) electrons. The smallest absolute Gasteiger partial charge is 0.220 e. The van der Waals surface area contributed by atoms with Crippen molar-refractivity contribution in [1.82, 2.24) is 20.3 Å². The second-order valence-electron chi connectivity index (χ2n) is 8.76. The molecule has 2 unspecified atom stereocenters. The molecule has 0 saturated carbocycles. The van der Waals surface area contributed by atoms with Crippen molar-refractivity contribution in [2.75, 3.05) is 25.4 Å². The second kappa shape index (κ2) is 9.23. The first-order chi connectivity index (χ1) is 16.1. The number of anilines is 1.